The standard InChI is InChI=1S/C17H23N3O/c1-19-7-5-16(6-8-19)20-9-4-14-10-13(2-3-17(14)20)11-15(18)12-21/h2-5,9-10,15,21H,6-8,11-12,18H2,1H3. The van der Waals surface area contributed by atoms with Crippen LogP contribution in [0.4, 0.5) is 0 Å². The van der Waals surface area contributed by atoms with Crippen LogP contribution in [0.3, 0.4) is 0 Å². The third kappa shape index (κ3) is 3.02. The molecule has 1 aliphatic rings. The van der Waals surface area contributed by atoms with E-state index in [9.17, 15) is 0 Å². The fourth-order valence-electron chi connectivity index (χ4n) is 2.92. The number of aromatic nitrogens is 1. The number of benzene rings is 1. The first-order valence-corrected chi connectivity index (χ1v) is 7.52. The van der Waals surface area contributed by atoms with Crippen LogP contribution < -0.4 is 5.73 Å². The van der Waals surface area contributed by atoms with E-state index >= 15 is 0 Å². The number of rotatable bonds is 4. The van der Waals surface area contributed by atoms with Crippen molar-refractivity contribution >= 4 is 16.6 Å². The largest absolute Gasteiger partial charge is 0.395 e. The Balaban J connectivity index is 1.89. The summed E-state index contributed by atoms with van der Waals surface area (Å²) in [4.78, 5) is 2.32. The summed E-state index contributed by atoms with van der Waals surface area (Å²) < 4.78 is 2.29. The van der Waals surface area contributed by atoms with Crippen molar-refractivity contribution in [2.24, 2.45) is 5.73 Å². The minimum Gasteiger partial charge on any atom is -0.395 e. The maximum Gasteiger partial charge on any atom is 0.0585 e. The first-order valence-electron chi connectivity index (χ1n) is 7.52. The molecule has 0 bridgehead atoms. The van der Waals surface area contributed by atoms with Crippen molar-refractivity contribution in [3.05, 3.63) is 42.1 Å². The van der Waals surface area contributed by atoms with Gasteiger partial charge in [-0.3, -0.25) is 0 Å². The zero-order valence-corrected chi connectivity index (χ0v) is 12.5. The van der Waals surface area contributed by atoms with Crippen molar-refractivity contribution < 1.29 is 5.11 Å². The van der Waals surface area contributed by atoms with Gasteiger partial charge in [-0.1, -0.05) is 12.1 Å². The second-order valence-electron chi connectivity index (χ2n) is 5.93. The van der Waals surface area contributed by atoms with Gasteiger partial charge in [-0.05, 0) is 37.2 Å². The average Bonchev–Trinajstić information content (AvgIpc) is 2.91. The van der Waals surface area contributed by atoms with Crippen molar-refractivity contribution in [2.45, 2.75) is 18.9 Å². The predicted octanol–water partition coefficient (Wildman–Crippen LogP) is 1.68. The van der Waals surface area contributed by atoms with Crippen LogP contribution in [0.25, 0.3) is 16.6 Å². The molecule has 3 N–H and O–H groups in total. The maximum absolute atomic E-state index is 9.06. The van der Waals surface area contributed by atoms with Crippen LogP contribution in [-0.4, -0.2) is 47.4 Å². The molecule has 21 heavy (non-hydrogen) atoms. The Kier molecular flexibility index (Phi) is 4.10. The Bertz CT molecular complexity index is 659. The first-order chi connectivity index (χ1) is 10.2. The van der Waals surface area contributed by atoms with Gasteiger partial charge in [-0.2, -0.15) is 0 Å². The molecule has 112 valence electrons. The molecule has 1 unspecified atom stereocenters. The van der Waals surface area contributed by atoms with Crippen molar-refractivity contribution in [2.75, 3.05) is 26.7 Å². The van der Waals surface area contributed by atoms with Gasteiger partial charge in [0.15, 0.2) is 0 Å². The van der Waals surface area contributed by atoms with Crippen LogP contribution in [-0.2, 0) is 6.42 Å². The highest BCUT2D eigenvalue weighted by molar-refractivity contribution is 5.84. The molecule has 1 atom stereocenters. The SMILES string of the molecule is CN1CC=C(n2ccc3cc(CC(N)CO)ccc32)CC1. The number of fused-ring (bicyclic) bond motifs is 1. The molecule has 3 rings (SSSR count). The number of hydrogen-bond acceptors (Lipinski definition) is 3. The number of likely N-dealkylation sites (N-methyl/N-ethyl adjacent to an activating group) is 1. The van der Waals surface area contributed by atoms with E-state index in [0.717, 1.165) is 19.5 Å². The molecular formula is C17H23N3O. The van der Waals surface area contributed by atoms with Gasteiger partial charge in [0.1, 0.15) is 0 Å². The summed E-state index contributed by atoms with van der Waals surface area (Å²) in [6.45, 7) is 2.15. The summed E-state index contributed by atoms with van der Waals surface area (Å²) >= 11 is 0. The number of hydrogen-bond donors (Lipinski definition) is 2. The van der Waals surface area contributed by atoms with E-state index in [1.165, 1.54) is 22.2 Å². The lowest BCUT2D eigenvalue weighted by Crippen LogP contribution is -2.26. The zero-order valence-electron chi connectivity index (χ0n) is 12.5. The van der Waals surface area contributed by atoms with E-state index in [-0.39, 0.29) is 12.6 Å². The molecule has 4 nitrogen and oxygen atoms in total. The molecular weight excluding hydrogens is 262 g/mol. The smallest absolute Gasteiger partial charge is 0.0585 e. The minimum absolute atomic E-state index is 0.0272. The highest BCUT2D eigenvalue weighted by Crippen LogP contribution is 2.24. The molecule has 0 saturated carbocycles. The summed E-state index contributed by atoms with van der Waals surface area (Å²) in [5, 5.41) is 10.3. The average molecular weight is 285 g/mol. The van der Waals surface area contributed by atoms with Gasteiger partial charge in [-0.25, -0.2) is 0 Å². The summed E-state index contributed by atoms with van der Waals surface area (Å²) in [6, 6.07) is 8.43. The van der Waals surface area contributed by atoms with Crippen molar-refractivity contribution in [3.8, 4) is 0 Å². The van der Waals surface area contributed by atoms with E-state index < -0.39 is 0 Å². The Morgan fingerprint density at radius 2 is 2.19 bits per heavy atom. The third-order valence-electron chi connectivity index (χ3n) is 4.18. The van der Waals surface area contributed by atoms with Crippen LogP contribution in [0.5, 0.6) is 0 Å². The highest BCUT2D eigenvalue weighted by Gasteiger charge is 2.12. The molecule has 0 saturated heterocycles. The topological polar surface area (TPSA) is 54.4 Å². The second-order valence-corrected chi connectivity index (χ2v) is 5.93. The monoisotopic (exact) mass is 285 g/mol. The highest BCUT2D eigenvalue weighted by atomic mass is 16.3. The normalized spacial score (nSPS) is 18.0. The van der Waals surface area contributed by atoms with Crippen molar-refractivity contribution in [1.82, 2.24) is 9.47 Å². The van der Waals surface area contributed by atoms with Crippen LogP contribution >= 0.6 is 0 Å². The molecule has 0 amide bonds. The number of nitrogens with two attached hydrogens (primary N) is 1. The molecule has 4 heteroatoms. The summed E-state index contributed by atoms with van der Waals surface area (Å²) in [7, 11) is 2.15. The van der Waals surface area contributed by atoms with Crippen LogP contribution in [0, 0.1) is 0 Å². The first kappa shape index (κ1) is 14.3. The van der Waals surface area contributed by atoms with E-state index in [1.54, 1.807) is 0 Å². The van der Waals surface area contributed by atoms with E-state index in [0.29, 0.717) is 6.42 Å². The maximum atomic E-state index is 9.06. The van der Waals surface area contributed by atoms with E-state index in [2.05, 4.69) is 53.1 Å². The fourth-order valence-corrected chi connectivity index (χ4v) is 2.92. The van der Waals surface area contributed by atoms with Gasteiger partial charge < -0.3 is 20.3 Å². The molecule has 1 aromatic carbocycles. The van der Waals surface area contributed by atoms with Gasteiger partial charge in [0.2, 0.25) is 0 Å². The van der Waals surface area contributed by atoms with Crippen molar-refractivity contribution in [1.29, 1.82) is 0 Å². The lowest BCUT2D eigenvalue weighted by molar-refractivity contribution is 0.265. The second kappa shape index (κ2) is 6.02. The quantitative estimate of drug-likeness (QED) is 0.898. The molecule has 2 heterocycles. The van der Waals surface area contributed by atoms with E-state index in [1.807, 2.05) is 0 Å². The lowest BCUT2D eigenvalue weighted by Gasteiger charge is -2.23. The number of nitrogens with zero attached hydrogens (tertiary/aromatic N) is 2. The Morgan fingerprint density at radius 1 is 1.33 bits per heavy atom. The summed E-state index contributed by atoms with van der Waals surface area (Å²) in [5.41, 5.74) is 9.62. The molecule has 1 aromatic heterocycles. The van der Waals surface area contributed by atoms with Crippen LogP contribution in [0.1, 0.15) is 12.0 Å². The van der Waals surface area contributed by atoms with Gasteiger partial charge in [0.25, 0.3) is 0 Å². The Labute approximate surface area is 125 Å². The molecule has 0 fully saturated rings. The van der Waals surface area contributed by atoms with Gasteiger partial charge >= 0.3 is 0 Å². The molecule has 0 radical (unpaired) electrons. The predicted molar refractivity (Wildman–Crippen MR) is 87.1 cm³/mol. The van der Waals surface area contributed by atoms with Gasteiger partial charge in [0.05, 0.1) is 12.1 Å². The van der Waals surface area contributed by atoms with E-state index in [4.69, 9.17) is 10.8 Å². The summed E-state index contributed by atoms with van der Waals surface area (Å²) in [5.74, 6) is 0. The Hall–Kier alpha value is -1.62. The molecule has 2 aromatic rings. The number of aliphatic hydroxyl groups excluding tert-OH is 1. The minimum atomic E-state index is -0.180. The third-order valence-corrected chi connectivity index (χ3v) is 4.18. The fraction of sp³-hybridized carbons (Fsp3) is 0.412. The van der Waals surface area contributed by atoms with Crippen LogP contribution in [0.2, 0.25) is 0 Å². The summed E-state index contributed by atoms with van der Waals surface area (Å²) in [6.07, 6.45) is 6.25. The zero-order chi connectivity index (χ0) is 14.8. The van der Waals surface area contributed by atoms with Gasteiger partial charge in [0, 0.05) is 42.8 Å². The number of aliphatic hydroxyl groups is 1. The van der Waals surface area contributed by atoms with Gasteiger partial charge in [-0.15, -0.1) is 0 Å². The molecule has 0 aliphatic carbocycles. The van der Waals surface area contributed by atoms with Crippen molar-refractivity contribution in [3.63, 3.8) is 0 Å². The Morgan fingerprint density at radius 3 is 2.90 bits per heavy atom. The molecule has 1 aliphatic heterocycles. The lowest BCUT2D eigenvalue weighted by atomic mass is 10.1. The van der Waals surface area contributed by atoms with Crippen LogP contribution in [0.15, 0.2) is 36.5 Å². The molecule has 0 spiro atoms.